The topological polar surface area (TPSA) is 97.1 Å². The molecule has 2 aliphatic rings. The molecule has 0 aromatic heterocycles. The summed E-state index contributed by atoms with van der Waals surface area (Å²) in [5, 5.41) is 15.7. The second-order valence-corrected chi connectivity index (χ2v) is 6.17. The highest BCUT2D eigenvalue weighted by Crippen LogP contribution is 2.41. The number of nitro groups is 1. The SMILES string of the molecule is CC1C(=O)NN=C2CCc3cc(Oc4ccccc4)c([N+](=O)[O-])cc3N21. The molecule has 4 rings (SSSR count). The van der Waals surface area contributed by atoms with Crippen molar-refractivity contribution < 1.29 is 14.5 Å². The molecule has 1 unspecified atom stereocenters. The van der Waals surface area contributed by atoms with Crippen molar-refractivity contribution in [3.8, 4) is 11.5 Å². The summed E-state index contributed by atoms with van der Waals surface area (Å²) in [5.74, 6) is 1.18. The molecule has 0 aliphatic carbocycles. The number of fused-ring (bicyclic) bond motifs is 3. The van der Waals surface area contributed by atoms with E-state index in [-0.39, 0.29) is 17.3 Å². The van der Waals surface area contributed by atoms with Crippen LogP contribution in [-0.4, -0.2) is 22.7 Å². The molecule has 8 heteroatoms. The molecule has 0 fully saturated rings. The van der Waals surface area contributed by atoms with Gasteiger partial charge in [-0.1, -0.05) is 18.2 Å². The van der Waals surface area contributed by atoms with Crippen LogP contribution in [0.4, 0.5) is 11.4 Å². The van der Waals surface area contributed by atoms with E-state index in [0.717, 1.165) is 5.56 Å². The Hall–Kier alpha value is -3.42. The molecular weight excluding hydrogens is 336 g/mol. The number of ether oxygens (including phenoxy) is 1. The number of para-hydroxylation sites is 1. The maximum absolute atomic E-state index is 12.0. The fourth-order valence-corrected chi connectivity index (χ4v) is 3.24. The van der Waals surface area contributed by atoms with Gasteiger partial charge in [-0.05, 0) is 37.1 Å². The summed E-state index contributed by atoms with van der Waals surface area (Å²) < 4.78 is 5.75. The Bertz CT molecular complexity index is 926. The maximum Gasteiger partial charge on any atom is 0.313 e. The number of carbonyl (C=O) groups is 1. The van der Waals surface area contributed by atoms with Crippen LogP contribution in [0.15, 0.2) is 47.6 Å². The predicted octanol–water partition coefficient (Wildman–Crippen LogP) is 2.97. The van der Waals surface area contributed by atoms with Gasteiger partial charge in [0.25, 0.3) is 5.91 Å². The fourth-order valence-electron chi connectivity index (χ4n) is 3.24. The fraction of sp³-hybridized carbons (Fsp3) is 0.222. The molecule has 1 amide bonds. The van der Waals surface area contributed by atoms with Crippen LogP contribution in [-0.2, 0) is 11.2 Å². The van der Waals surface area contributed by atoms with E-state index < -0.39 is 11.0 Å². The summed E-state index contributed by atoms with van der Waals surface area (Å²) in [5.41, 5.74) is 3.87. The lowest BCUT2D eigenvalue weighted by atomic mass is 9.97. The molecule has 132 valence electrons. The molecule has 0 saturated carbocycles. The Balaban J connectivity index is 1.81. The van der Waals surface area contributed by atoms with Gasteiger partial charge in [0.1, 0.15) is 17.6 Å². The summed E-state index contributed by atoms with van der Waals surface area (Å²) in [6.07, 6.45) is 1.30. The van der Waals surface area contributed by atoms with Gasteiger partial charge in [-0.2, -0.15) is 5.10 Å². The Morgan fingerprint density at radius 2 is 2.04 bits per heavy atom. The van der Waals surface area contributed by atoms with E-state index in [2.05, 4.69) is 10.5 Å². The molecule has 8 nitrogen and oxygen atoms in total. The molecule has 2 aromatic rings. The number of hydrogen-bond acceptors (Lipinski definition) is 6. The number of amidine groups is 1. The van der Waals surface area contributed by atoms with E-state index in [9.17, 15) is 14.9 Å². The smallest absolute Gasteiger partial charge is 0.313 e. The molecule has 0 bridgehead atoms. The summed E-state index contributed by atoms with van der Waals surface area (Å²) in [6.45, 7) is 1.75. The van der Waals surface area contributed by atoms with Gasteiger partial charge in [0.2, 0.25) is 5.75 Å². The Labute approximate surface area is 149 Å². The first-order valence-corrected chi connectivity index (χ1v) is 8.24. The number of hydrazone groups is 1. The van der Waals surface area contributed by atoms with Gasteiger partial charge >= 0.3 is 5.69 Å². The number of hydrogen-bond donors (Lipinski definition) is 1. The molecule has 26 heavy (non-hydrogen) atoms. The monoisotopic (exact) mass is 352 g/mol. The molecule has 0 spiro atoms. The van der Waals surface area contributed by atoms with Crippen molar-refractivity contribution in [1.29, 1.82) is 0 Å². The number of benzene rings is 2. The number of carbonyl (C=O) groups excluding carboxylic acids is 1. The minimum absolute atomic E-state index is 0.146. The highest BCUT2D eigenvalue weighted by Gasteiger charge is 2.36. The zero-order valence-electron chi connectivity index (χ0n) is 14.0. The van der Waals surface area contributed by atoms with Gasteiger partial charge in [0.05, 0.1) is 10.6 Å². The van der Waals surface area contributed by atoms with Gasteiger partial charge < -0.3 is 9.64 Å². The summed E-state index contributed by atoms with van der Waals surface area (Å²) in [6, 6.07) is 11.6. The third-order valence-electron chi connectivity index (χ3n) is 4.55. The second kappa shape index (κ2) is 6.14. The van der Waals surface area contributed by atoms with Crippen LogP contribution in [0.1, 0.15) is 18.9 Å². The van der Waals surface area contributed by atoms with Crippen LogP contribution in [0.25, 0.3) is 0 Å². The average Bonchev–Trinajstić information content (AvgIpc) is 2.64. The zero-order valence-corrected chi connectivity index (χ0v) is 14.0. The van der Waals surface area contributed by atoms with Crippen LogP contribution < -0.4 is 15.1 Å². The molecule has 0 radical (unpaired) electrons. The van der Waals surface area contributed by atoms with Crippen molar-refractivity contribution in [3.05, 3.63) is 58.1 Å². The van der Waals surface area contributed by atoms with E-state index in [1.165, 1.54) is 6.07 Å². The van der Waals surface area contributed by atoms with Gasteiger partial charge in [-0.25, -0.2) is 5.43 Å². The standard InChI is InChI=1S/C18H16N4O4/c1-11-18(23)20-19-17-8-7-12-9-16(26-13-5-3-2-4-6-13)15(22(24)25)10-14(12)21(11)17/h2-6,9-11H,7-8H2,1H3,(H,20,23). The first-order chi connectivity index (χ1) is 12.5. The van der Waals surface area contributed by atoms with Crippen molar-refractivity contribution in [1.82, 2.24) is 5.43 Å². The minimum atomic E-state index is -0.484. The van der Waals surface area contributed by atoms with Crippen molar-refractivity contribution >= 4 is 23.1 Å². The Morgan fingerprint density at radius 3 is 2.77 bits per heavy atom. The lowest BCUT2D eigenvalue weighted by Crippen LogP contribution is -2.53. The van der Waals surface area contributed by atoms with Crippen LogP contribution in [0.5, 0.6) is 11.5 Å². The second-order valence-electron chi connectivity index (χ2n) is 6.17. The van der Waals surface area contributed by atoms with Crippen LogP contribution in [0.3, 0.4) is 0 Å². The van der Waals surface area contributed by atoms with E-state index >= 15 is 0 Å². The molecule has 2 heterocycles. The molecule has 2 aromatic carbocycles. The first kappa shape index (κ1) is 16.1. The van der Waals surface area contributed by atoms with Gasteiger partial charge in [-0.3, -0.25) is 14.9 Å². The van der Waals surface area contributed by atoms with Crippen molar-refractivity contribution in [2.24, 2.45) is 5.10 Å². The number of nitrogens with zero attached hydrogens (tertiary/aromatic N) is 3. The van der Waals surface area contributed by atoms with Crippen LogP contribution in [0, 0.1) is 10.1 Å². The normalized spacial score (nSPS) is 18.3. The molecule has 1 atom stereocenters. The maximum atomic E-state index is 12.0. The van der Waals surface area contributed by atoms with Gasteiger partial charge in [0.15, 0.2) is 0 Å². The van der Waals surface area contributed by atoms with Crippen LogP contribution >= 0.6 is 0 Å². The van der Waals surface area contributed by atoms with E-state index in [4.69, 9.17) is 4.74 Å². The summed E-state index contributed by atoms with van der Waals surface area (Å²) >= 11 is 0. The van der Waals surface area contributed by atoms with Crippen molar-refractivity contribution in [2.45, 2.75) is 25.8 Å². The predicted molar refractivity (Wildman–Crippen MR) is 95.5 cm³/mol. The number of nitro benzene ring substituents is 1. The number of anilines is 1. The number of nitrogens with one attached hydrogen (secondary N) is 1. The Kier molecular flexibility index (Phi) is 3.80. The minimum Gasteiger partial charge on any atom is -0.450 e. The molecule has 2 aliphatic heterocycles. The zero-order chi connectivity index (χ0) is 18.3. The van der Waals surface area contributed by atoms with Crippen LogP contribution in [0.2, 0.25) is 0 Å². The van der Waals surface area contributed by atoms with E-state index in [1.807, 2.05) is 6.07 Å². The average molecular weight is 352 g/mol. The van der Waals surface area contributed by atoms with Gasteiger partial charge in [-0.15, -0.1) is 0 Å². The number of amides is 1. The quantitative estimate of drug-likeness (QED) is 0.676. The summed E-state index contributed by atoms with van der Waals surface area (Å²) in [4.78, 5) is 24.9. The molecule has 1 N–H and O–H groups in total. The Morgan fingerprint density at radius 1 is 1.27 bits per heavy atom. The van der Waals surface area contributed by atoms with E-state index in [0.29, 0.717) is 30.1 Å². The highest BCUT2D eigenvalue weighted by atomic mass is 16.6. The summed E-state index contributed by atoms with van der Waals surface area (Å²) in [7, 11) is 0. The third-order valence-corrected chi connectivity index (χ3v) is 4.55. The van der Waals surface area contributed by atoms with Crippen molar-refractivity contribution in [3.63, 3.8) is 0 Å². The van der Waals surface area contributed by atoms with Gasteiger partial charge in [0, 0.05) is 12.5 Å². The van der Waals surface area contributed by atoms with Crippen molar-refractivity contribution in [2.75, 3.05) is 4.90 Å². The lowest BCUT2D eigenvalue weighted by Gasteiger charge is -2.38. The van der Waals surface area contributed by atoms with E-state index in [1.54, 1.807) is 42.2 Å². The highest BCUT2D eigenvalue weighted by molar-refractivity contribution is 6.08. The number of aryl methyl sites for hydroxylation is 1. The molecular formula is C18H16N4O4. The number of rotatable bonds is 3. The third kappa shape index (κ3) is 2.65. The largest absolute Gasteiger partial charge is 0.450 e. The lowest BCUT2D eigenvalue weighted by molar-refractivity contribution is -0.385. The first-order valence-electron chi connectivity index (χ1n) is 8.24. The molecule has 0 saturated heterocycles.